The highest BCUT2D eigenvalue weighted by molar-refractivity contribution is 7.88. The Morgan fingerprint density at radius 3 is 1.34 bits per heavy atom. The number of carbonyl (C=O) groups is 3. The van der Waals surface area contributed by atoms with E-state index in [4.69, 9.17) is 23.9 Å². The average Bonchev–Trinajstić information content (AvgIpc) is 1.64. The van der Waals surface area contributed by atoms with Gasteiger partial charge < -0.3 is 33.2 Å². The lowest BCUT2D eigenvalue weighted by Gasteiger charge is -2.32. The van der Waals surface area contributed by atoms with Crippen LogP contribution in [-0.2, 0) is 120 Å². The van der Waals surface area contributed by atoms with Crippen molar-refractivity contribution in [1.29, 1.82) is 0 Å². The Balaban J connectivity index is 0.000000147. The number of aryl methyl sites for hydroxylation is 6. The second-order valence-corrected chi connectivity index (χ2v) is 28.3. The number of carbonyl (C=O) groups excluding carboxylic acids is 2. The molecule has 7 aliphatic rings. The maximum absolute atomic E-state index is 12.2. The van der Waals surface area contributed by atoms with Crippen molar-refractivity contribution in [2.24, 2.45) is 0 Å². The Morgan fingerprint density at radius 1 is 0.505 bits per heavy atom. The molecule has 510 valence electrons. The highest BCUT2D eigenvalue weighted by Crippen LogP contribution is 2.39. The first-order valence-electron chi connectivity index (χ1n) is 34.0. The number of rotatable bonds is 9. The minimum absolute atomic E-state index is 0.140. The van der Waals surface area contributed by atoms with Gasteiger partial charge in [0, 0.05) is 0 Å². The van der Waals surface area contributed by atoms with Gasteiger partial charge >= 0.3 is 40.7 Å². The quantitative estimate of drug-likeness (QED) is 0.0462. The van der Waals surface area contributed by atoms with Crippen molar-refractivity contribution in [2.75, 3.05) is 14.2 Å². The zero-order valence-electron chi connectivity index (χ0n) is 56.8. The maximum Gasteiger partial charge on any atom is 0.534 e. The molecule has 6 aromatic rings. The van der Waals surface area contributed by atoms with Crippen molar-refractivity contribution in [1.82, 2.24) is 0 Å². The lowest BCUT2D eigenvalue weighted by atomic mass is 9.72. The van der Waals surface area contributed by atoms with Gasteiger partial charge in [0.05, 0.1) is 42.8 Å². The Morgan fingerprint density at radius 2 is 0.874 bits per heavy atom. The van der Waals surface area contributed by atoms with E-state index in [0.29, 0.717) is 23.3 Å². The smallest absolute Gasteiger partial charge is 0.508 e. The number of esters is 2. The van der Waals surface area contributed by atoms with Crippen LogP contribution < -0.4 is 9.65 Å². The zero-order chi connectivity index (χ0) is 68.7. The lowest BCUT2D eigenvalue weighted by molar-refractivity contribution is -0.142. The van der Waals surface area contributed by atoms with E-state index < -0.39 is 21.6 Å². The van der Waals surface area contributed by atoms with Crippen molar-refractivity contribution in [3.63, 3.8) is 0 Å². The van der Waals surface area contributed by atoms with Gasteiger partial charge in [-0.25, -0.2) is 4.79 Å². The van der Waals surface area contributed by atoms with Crippen LogP contribution in [0.5, 0.6) is 11.5 Å². The predicted octanol–water partition coefficient (Wildman–Crippen LogP) is 16.3. The van der Waals surface area contributed by atoms with E-state index in [1.165, 1.54) is 158 Å². The largest absolute Gasteiger partial charge is 0.534 e. The summed E-state index contributed by atoms with van der Waals surface area (Å²) < 4.78 is 84.8. The number of phenols is 1. The molecule has 2 N–H and O–H groups in total. The van der Waals surface area contributed by atoms with Crippen LogP contribution in [0.2, 0.25) is 0 Å². The van der Waals surface area contributed by atoms with E-state index in [1.54, 1.807) is 19.1 Å². The molecule has 12 nitrogen and oxygen atoms in total. The lowest BCUT2D eigenvalue weighted by Crippen LogP contribution is -2.41. The first-order chi connectivity index (χ1) is 45.3. The summed E-state index contributed by atoms with van der Waals surface area (Å²) in [5.74, 6) is -1.44. The first kappa shape index (κ1) is 73.6. The van der Waals surface area contributed by atoms with Crippen molar-refractivity contribution in [3.05, 3.63) is 199 Å². The van der Waals surface area contributed by atoms with Gasteiger partial charge in [-0.05, 0) is 297 Å². The molecule has 1 saturated heterocycles. The molecular weight excluding hydrogens is 1230 g/mol. The third-order valence-electron chi connectivity index (χ3n) is 20.0. The number of phenolic OH excluding ortho intramolecular Hbond substituents is 1. The first-order valence-corrected chi connectivity index (χ1v) is 35.5. The summed E-state index contributed by atoms with van der Waals surface area (Å²) in [6.45, 7) is 16.0. The molecular formula is C78H96BF3O12S. The Hall–Kier alpha value is -7.21. The van der Waals surface area contributed by atoms with E-state index >= 15 is 0 Å². The molecule has 2 unspecified atom stereocenters. The third-order valence-corrected chi connectivity index (χ3v) is 21.0. The molecule has 0 bridgehead atoms. The highest BCUT2D eigenvalue weighted by Gasteiger charge is 2.52. The topological polar surface area (TPSA) is 172 Å². The normalized spacial score (nSPS) is 17.6. The number of hydrogen-bond donors (Lipinski definition) is 2. The van der Waals surface area contributed by atoms with E-state index in [0.717, 1.165) is 99.3 Å². The fourth-order valence-electron chi connectivity index (χ4n) is 13.9. The van der Waals surface area contributed by atoms with Crippen LogP contribution in [0.1, 0.15) is 214 Å². The van der Waals surface area contributed by atoms with Crippen LogP contribution in [-0.4, -0.2) is 74.6 Å². The fourth-order valence-corrected chi connectivity index (χ4v) is 14.4. The number of carboxylic acids is 1. The number of fused-ring (bicyclic) bond motifs is 6. The molecule has 1 fully saturated rings. The van der Waals surface area contributed by atoms with Crippen LogP contribution in [0, 0.1) is 0 Å². The van der Waals surface area contributed by atoms with Gasteiger partial charge in [0.1, 0.15) is 11.5 Å². The van der Waals surface area contributed by atoms with Gasteiger partial charge in [0.2, 0.25) is 0 Å². The summed E-state index contributed by atoms with van der Waals surface area (Å²) >= 11 is 0. The standard InChI is InChI=1S/C16H23BO2.C14H18O2.C14H16O2.C13H16O2.C11H11F3O3S.C10H12O/c1-15(2)16(3,4)19-17(18-15)14-11-7-9-12-8-5-6-10-13(12)14;2*1-10(14(15)16-2)12-9-5-7-11-6-3-4-8-13(11)12;1-9(13(14)15)11-8-4-6-10-5-2-3-7-12(10)11;12-11(13,14)18(15,16)17-10-7-3-5-8-4-1-2-6-9(8)10;11-10-7-3-5-8-4-1-2-6-9(8)10/h7,9,11H,5-6,8,10H2,1-4H3;5,7,9-10H,3-4,6,8H2,1-2H3;5,7,9H,1,3-4,6,8H2,2H3;4,6,8-9H,2-3,5,7H2,1H3,(H,14,15);3,5,7H,1-2,4,6H2;3,5,7,11H,1-2,4,6H2. The fraction of sp³-hybridized carbons (Fsp3) is 0.474. The Labute approximate surface area is 561 Å². The van der Waals surface area contributed by atoms with Crippen LogP contribution in [0.3, 0.4) is 0 Å². The van der Waals surface area contributed by atoms with Crippen molar-refractivity contribution >= 4 is 46.2 Å². The number of halogens is 3. The van der Waals surface area contributed by atoms with Crippen molar-refractivity contribution in [3.8, 4) is 11.5 Å². The summed E-state index contributed by atoms with van der Waals surface area (Å²) in [5.41, 5.74) is 13.9. The van der Waals surface area contributed by atoms with Crippen LogP contribution >= 0.6 is 0 Å². The van der Waals surface area contributed by atoms with Gasteiger partial charge in [-0.15, -0.1) is 0 Å². The maximum atomic E-state index is 12.2. The van der Waals surface area contributed by atoms with Crippen LogP contribution in [0.4, 0.5) is 13.2 Å². The number of aliphatic carboxylic acids is 1. The third kappa shape index (κ3) is 18.5. The van der Waals surface area contributed by atoms with Gasteiger partial charge in [-0.1, -0.05) is 104 Å². The van der Waals surface area contributed by atoms with Crippen molar-refractivity contribution in [2.45, 2.75) is 224 Å². The molecule has 95 heavy (non-hydrogen) atoms. The number of hydrogen-bond acceptors (Lipinski definition) is 11. The van der Waals surface area contributed by atoms with Crippen LogP contribution in [0.25, 0.3) is 5.57 Å². The molecule has 6 aliphatic carbocycles. The van der Waals surface area contributed by atoms with Crippen molar-refractivity contribution < 1.29 is 69.2 Å². The average molecular weight is 1330 g/mol. The van der Waals surface area contributed by atoms with Gasteiger partial charge in [0.15, 0.2) is 0 Å². The molecule has 1 aliphatic heterocycles. The Kier molecular flexibility index (Phi) is 25.7. The summed E-state index contributed by atoms with van der Waals surface area (Å²) in [7, 11) is -2.95. The molecule has 0 amide bonds. The van der Waals surface area contributed by atoms with Gasteiger partial charge in [0.25, 0.3) is 0 Å². The second-order valence-electron chi connectivity index (χ2n) is 26.8. The zero-order valence-corrected chi connectivity index (χ0v) is 57.6. The summed E-state index contributed by atoms with van der Waals surface area (Å²) in [6, 6.07) is 35.4. The molecule has 2 atom stereocenters. The second kappa shape index (κ2) is 33.2. The summed E-state index contributed by atoms with van der Waals surface area (Å²) in [5, 5.41) is 18.5. The van der Waals surface area contributed by atoms with E-state index in [2.05, 4.69) is 93.1 Å². The van der Waals surface area contributed by atoms with E-state index in [9.17, 15) is 41.1 Å². The number of alkyl halides is 3. The summed E-state index contributed by atoms with van der Waals surface area (Å²) in [4.78, 5) is 34.0. The number of ether oxygens (including phenoxy) is 2. The molecule has 17 heteroatoms. The molecule has 1 heterocycles. The van der Waals surface area contributed by atoms with Crippen LogP contribution in [0.15, 0.2) is 116 Å². The molecule has 0 spiro atoms. The minimum atomic E-state index is -5.58. The molecule has 0 saturated carbocycles. The molecule has 0 radical (unpaired) electrons. The predicted molar refractivity (Wildman–Crippen MR) is 369 cm³/mol. The van der Waals surface area contributed by atoms with Gasteiger partial charge in [-0.2, -0.15) is 21.6 Å². The highest BCUT2D eigenvalue weighted by atomic mass is 32.2. The molecule has 13 rings (SSSR count). The Bertz CT molecular complexity index is 3760. The molecule has 6 aromatic carbocycles. The molecule has 0 aromatic heterocycles. The van der Waals surface area contributed by atoms with E-state index in [-0.39, 0.29) is 47.8 Å². The minimum Gasteiger partial charge on any atom is -0.508 e. The SMILES string of the molecule is C=C(C(=O)OC)c1cccc2c1CCCC2.CC(C(=O)O)c1cccc2c1CCCC2.CC1(C)OB(c2cccc3c2CCCC3)OC1(C)C.COC(=O)C(C)c1cccc2c1CCCC2.O=S(=O)(Oc1cccc2c1CCCC2)C(F)(F)F.Oc1cccc2c1CCCC2. The number of aromatic hydroxyl groups is 1. The number of methoxy groups -OCH3 is 2. The summed E-state index contributed by atoms with van der Waals surface area (Å²) in [6.07, 6.45) is 26.6. The van der Waals surface area contributed by atoms with E-state index in [1.807, 2.05) is 37.3 Å². The number of carboxylic acid groups (broad SMARTS) is 1. The van der Waals surface area contributed by atoms with Gasteiger partial charge in [-0.3, -0.25) is 9.59 Å². The monoisotopic (exact) mass is 1320 g/mol. The number of benzene rings is 6.